The fraction of sp³-hybridized carbons (Fsp3) is 0.167. The van der Waals surface area contributed by atoms with Gasteiger partial charge in [-0.25, -0.2) is 8.78 Å². The van der Waals surface area contributed by atoms with Gasteiger partial charge in [0.05, 0.1) is 5.69 Å². The Labute approximate surface area is 115 Å². The van der Waals surface area contributed by atoms with Crippen LogP contribution in [0.1, 0.15) is 0 Å². The molecule has 9 heteroatoms. The maximum atomic E-state index is 12.8. The summed E-state index contributed by atoms with van der Waals surface area (Å²) in [6.45, 7) is 0. The maximum Gasteiger partial charge on any atom is 0.383 e. The van der Waals surface area contributed by atoms with Crippen LogP contribution in [0.4, 0.5) is 23.2 Å². The number of carbonyl (C=O) groups is 1. The zero-order chi connectivity index (χ0) is 15.6. The van der Waals surface area contributed by atoms with Gasteiger partial charge in [0.15, 0.2) is 0 Å². The molecule has 1 aromatic heterocycles. The number of aromatic amines is 2. The number of halogens is 4. The van der Waals surface area contributed by atoms with Crippen LogP contribution in [-0.4, -0.2) is 28.5 Å². The molecule has 0 aliphatic carbocycles. The third-order valence-electron chi connectivity index (χ3n) is 2.63. The first-order valence-electron chi connectivity index (χ1n) is 5.66. The minimum Gasteiger partial charge on any atom is -0.321 e. The van der Waals surface area contributed by atoms with E-state index in [1.807, 2.05) is 0 Å². The summed E-state index contributed by atoms with van der Waals surface area (Å²) in [7, 11) is 0. The number of anilines is 1. The normalized spacial score (nSPS) is 11.7. The number of alkyl halides is 4. The van der Waals surface area contributed by atoms with E-state index in [9.17, 15) is 27.2 Å². The lowest BCUT2D eigenvalue weighted by Crippen LogP contribution is -2.40. The van der Waals surface area contributed by atoms with Gasteiger partial charge in [-0.05, 0) is 17.7 Å². The highest BCUT2D eigenvalue weighted by Crippen LogP contribution is 2.25. The van der Waals surface area contributed by atoms with Crippen LogP contribution in [0.5, 0.6) is 0 Å². The summed E-state index contributed by atoms with van der Waals surface area (Å²) in [5.74, 6) is -6.84. The van der Waals surface area contributed by atoms with Crippen LogP contribution in [0.25, 0.3) is 11.3 Å². The van der Waals surface area contributed by atoms with Gasteiger partial charge in [0.25, 0.3) is 5.56 Å². The van der Waals surface area contributed by atoms with Crippen LogP contribution >= 0.6 is 0 Å². The Morgan fingerprint density at radius 1 is 1.14 bits per heavy atom. The lowest BCUT2D eigenvalue weighted by atomic mass is 10.1. The van der Waals surface area contributed by atoms with Crippen LogP contribution in [0.15, 0.2) is 35.1 Å². The molecule has 1 amide bonds. The summed E-state index contributed by atoms with van der Waals surface area (Å²) in [5, 5.41) is 6.59. The first-order chi connectivity index (χ1) is 9.80. The quantitative estimate of drug-likeness (QED) is 0.757. The van der Waals surface area contributed by atoms with Crippen LogP contribution in [-0.2, 0) is 4.79 Å². The summed E-state index contributed by atoms with van der Waals surface area (Å²) in [6.07, 6.45) is -4.08. The Morgan fingerprint density at radius 3 is 2.24 bits per heavy atom. The lowest BCUT2D eigenvalue weighted by Gasteiger charge is -2.14. The number of hydrogen-bond donors (Lipinski definition) is 3. The first kappa shape index (κ1) is 14.8. The van der Waals surface area contributed by atoms with E-state index in [2.05, 4.69) is 10.2 Å². The average Bonchev–Trinajstić information content (AvgIpc) is 2.86. The molecule has 0 aliphatic rings. The minimum atomic E-state index is -4.76. The van der Waals surface area contributed by atoms with Crippen molar-refractivity contribution < 1.29 is 22.4 Å². The van der Waals surface area contributed by atoms with Crippen molar-refractivity contribution in [3.05, 3.63) is 40.7 Å². The molecule has 1 aromatic carbocycles. The molecule has 0 saturated carbocycles. The highest BCUT2D eigenvalue weighted by atomic mass is 19.3. The molecule has 0 radical (unpaired) electrons. The molecule has 2 rings (SSSR count). The molecule has 0 fully saturated rings. The molecule has 2 aromatic rings. The van der Waals surface area contributed by atoms with Gasteiger partial charge in [-0.3, -0.25) is 19.8 Å². The summed E-state index contributed by atoms with van der Waals surface area (Å²) in [5.41, 5.74) is 0.587. The molecular weight excluding hydrogens is 294 g/mol. The van der Waals surface area contributed by atoms with Crippen molar-refractivity contribution in [3.63, 3.8) is 0 Å². The van der Waals surface area contributed by atoms with E-state index < -0.39 is 18.3 Å². The molecule has 0 aliphatic heterocycles. The second-order valence-electron chi connectivity index (χ2n) is 4.13. The molecular formula is C12H9F4N3O2. The summed E-state index contributed by atoms with van der Waals surface area (Å²) < 4.78 is 49.5. The van der Waals surface area contributed by atoms with E-state index in [0.717, 1.165) is 0 Å². The van der Waals surface area contributed by atoms with Crippen LogP contribution in [0.2, 0.25) is 0 Å². The number of aromatic nitrogens is 2. The van der Waals surface area contributed by atoms with Crippen molar-refractivity contribution in [1.82, 2.24) is 10.2 Å². The highest BCUT2D eigenvalue weighted by Gasteiger charge is 2.48. The van der Waals surface area contributed by atoms with Crippen LogP contribution in [0.3, 0.4) is 0 Å². The van der Waals surface area contributed by atoms with Gasteiger partial charge in [0.2, 0.25) is 0 Å². The average molecular weight is 303 g/mol. The van der Waals surface area contributed by atoms with E-state index in [1.165, 1.54) is 30.3 Å². The molecule has 3 N–H and O–H groups in total. The fourth-order valence-corrected chi connectivity index (χ4v) is 1.53. The zero-order valence-corrected chi connectivity index (χ0v) is 10.3. The number of rotatable bonds is 4. The van der Waals surface area contributed by atoms with Crippen LogP contribution in [0, 0.1) is 0 Å². The second kappa shape index (κ2) is 5.43. The number of hydrogen-bond acceptors (Lipinski definition) is 2. The van der Waals surface area contributed by atoms with Crippen molar-refractivity contribution >= 4 is 11.6 Å². The van der Waals surface area contributed by atoms with Gasteiger partial charge in [0, 0.05) is 11.8 Å². The summed E-state index contributed by atoms with van der Waals surface area (Å²) in [6, 6.07) is 6.63. The van der Waals surface area contributed by atoms with E-state index >= 15 is 0 Å². The van der Waals surface area contributed by atoms with Crippen molar-refractivity contribution in [1.29, 1.82) is 0 Å². The Balaban J connectivity index is 2.13. The van der Waals surface area contributed by atoms with Crippen molar-refractivity contribution in [2.24, 2.45) is 0 Å². The smallest absolute Gasteiger partial charge is 0.321 e. The van der Waals surface area contributed by atoms with Gasteiger partial charge in [0.1, 0.15) is 0 Å². The fourth-order valence-electron chi connectivity index (χ4n) is 1.53. The monoisotopic (exact) mass is 303 g/mol. The third-order valence-corrected chi connectivity index (χ3v) is 2.63. The molecule has 112 valence electrons. The number of amides is 1. The summed E-state index contributed by atoms with van der Waals surface area (Å²) in [4.78, 5) is 22.0. The molecule has 0 unspecified atom stereocenters. The molecule has 0 atom stereocenters. The van der Waals surface area contributed by atoms with Gasteiger partial charge < -0.3 is 5.32 Å². The van der Waals surface area contributed by atoms with Gasteiger partial charge in [-0.2, -0.15) is 8.78 Å². The van der Waals surface area contributed by atoms with Gasteiger partial charge in [-0.15, -0.1) is 0 Å². The topological polar surface area (TPSA) is 77.8 Å². The predicted molar refractivity (Wildman–Crippen MR) is 66.4 cm³/mol. The van der Waals surface area contributed by atoms with Crippen molar-refractivity contribution in [3.8, 4) is 11.3 Å². The largest absolute Gasteiger partial charge is 0.383 e. The standard InChI is InChI=1S/C12H9F4N3O2/c13-10(14)12(15,16)11(21)17-7-3-1-6(2-4-7)8-5-9(20)19-18-8/h1-5,10H,(H,17,21)(H2,18,19,20). The van der Waals surface area contributed by atoms with Crippen LogP contribution < -0.4 is 10.9 Å². The molecule has 21 heavy (non-hydrogen) atoms. The first-order valence-corrected chi connectivity index (χ1v) is 5.66. The number of H-pyrrole nitrogens is 2. The van der Waals surface area contributed by atoms with E-state index in [-0.39, 0.29) is 11.2 Å². The highest BCUT2D eigenvalue weighted by molar-refractivity contribution is 5.96. The maximum absolute atomic E-state index is 12.8. The number of benzene rings is 1. The number of carbonyl (C=O) groups excluding carboxylic acids is 1. The SMILES string of the molecule is O=C(Nc1ccc(-c2cc(=O)[nH][nH]2)cc1)C(F)(F)C(F)F. The number of nitrogens with one attached hydrogen (secondary N) is 3. The Morgan fingerprint density at radius 2 is 1.76 bits per heavy atom. The van der Waals surface area contributed by atoms with Gasteiger partial charge in [-0.1, -0.05) is 12.1 Å². The molecule has 0 bridgehead atoms. The Hall–Kier alpha value is -2.58. The lowest BCUT2D eigenvalue weighted by molar-refractivity contribution is -0.163. The minimum absolute atomic E-state index is 0.0676. The molecule has 0 saturated heterocycles. The zero-order valence-electron chi connectivity index (χ0n) is 10.3. The van der Waals surface area contributed by atoms with Crippen molar-refractivity contribution in [2.45, 2.75) is 12.3 Å². The second-order valence-corrected chi connectivity index (χ2v) is 4.13. The third kappa shape index (κ3) is 3.12. The van der Waals surface area contributed by atoms with E-state index in [4.69, 9.17) is 0 Å². The molecule has 0 spiro atoms. The molecule has 1 heterocycles. The van der Waals surface area contributed by atoms with E-state index in [0.29, 0.717) is 11.3 Å². The summed E-state index contributed by atoms with van der Waals surface area (Å²) >= 11 is 0. The predicted octanol–water partition coefficient (Wildman–Crippen LogP) is 2.21. The van der Waals surface area contributed by atoms with Gasteiger partial charge >= 0.3 is 18.3 Å². The molecule has 5 nitrogen and oxygen atoms in total. The Bertz CT molecular complexity index is 691. The van der Waals surface area contributed by atoms with E-state index in [1.54, 1.807) is 5.32 Å². The Kier molecular flexibility index (Phi) is 3.83. The van der Waals surface area contributed by atoms with Crippen molar-refractivity contribution in [2.75, 3.05) is 5.32 Å².